The molecule has 0 spiro atoms. The number of rotatable bonds is 6. The highest BCUT2D eigenvalue weighted by molar-refractivity contribution is 7.99. The molecule has 7 heteroatoms. The number of hydrogen-bond acceptors (Lipinski definition) is 5. The molecule has 0 atom stereocenters. The van der Waals surface area contributed by atoms with Crippen LogP contribution in [0.25, 0.3) is 0 Å². The summed E-state index contributed by atoms with van der Waals surface area (Å²) in [6, 6.07) is 5.98. The Hall–Kier alpha value is -2.02. The molecule has 0 saturated carbocycles. The summed E-state index contributed by atoms with van der Waals surface area (Å²) in [5, 5.41) is 9.97. The van der Waals surface area contributed by atoms with E-state index in [0.29, 0.717) is 11.1 Å². The molecular weight excluding hydrogens is 324 g/mol. The summed E-state index contributed by atoms with van der Waals surface area (Å²) in [4.78, 5) is 16.2. The van der Waals surface area contributed by atoms with Crippen molar-refractivity contribution in [3.05, 3.63) is 29.3 Å². The minimum Gasteiger partial charge on any atom is -0.483 e. The Balaban J connectivity index is 1.98. The number of aromatic amines is 1. The fourth-order valence-electron chi connectivity index (χ4n) is 2.16. The van der Waals surface area contributed by atoms with Gasteiger partial charge in [-0.05, 0) is 29.7 Å². The molecule has 0 radical (unpaired) electrons. The summed E-state index contributed by atoms with van der Waals surface area (Å²) in [5.41, 5.74) is 2.19. The molecule has 0 unspecified atom stereocenters. The van der Waals surface area contributed by atoms with Gasteiger partial charge in [0.25, 0.3) is 5.91 Å². The fourth-order valence-corrected chi connectivity index (χ4v) is 2.69. The predicted octanol–water partition coefficient (Wildman–Crippen LogP) is 3.54. The van der Waals surface area contributed by atoms with Crippen molar-refractivity contribution in [1.82, 2.24) is 15.2 Å². The van der Waals surface area contributed by atoms with Crippen molar-refractivity contribution in [2.24, 2.45) is 0 Å². The zero-order valence-electron chi connectivity index (χ0n) is 14.8. The number of hydrogen-bond donors (Lipinski definition) is 2. The molecular formula is C17H24N4O2S. The highest BCUT2D eigenvalue weighted by atomic mass is 32.2. The molecule has 0 aliphatic rings. The number of thioether (sulfide) groups is 1. The van der Waals surface area contributed by atoms with Crippen molar-refractivity contribution in [1.29, 1.82) is 0 Å². The summed E-state index contributed by atoms with van der Waals surface area (Å²) in [6.07, 6.45) is 0. The van der Waals surface area contributed by atoms with E-state index in [1.54, 1.807) is 0 Å². The van der Waals surface area contributed by atoms with E-state index in [-0.39, 0.29) is 17.9 Å². The second kappa shape index (κ2) is 7.70. The van der Waals surface area contributed by atoms with Crippen LogP contribution in [0, 0.1) is 6.92 Å². The quantitative estimate of drug-likeness (QED) is 0.781. The Labute approximate surface area is 146 Å². The van der Waals surface area contributed by atoms with Crippen molar-refractivity contribution in [3.8, 4) is 5.75 Å². The number of carbonyl (C=O) groups is 1. The number of aromatic nitrogens is 3. The number of ether oxygens (including phenoxy) is 1. The third-order valence-corrected chi connectivity index (χ3v) is 4.03. The molecule has 2 aromatic rings. The van der Waals surface area contributed by atoms with Gasteiger partial charge in [-0.1, -0.05) is 57.2 Å². The summed E-state index contributed by atoms with van der Waals surface area (Å²) in [6.45, 7) is 10.3. The van der Waals surface area contributed by atoms with Crippen molar-refractivity contribution in [2.45, 2.75) is 45.2 Å². The molecule has 1 amide bonds. The highest BCUT2D eigenvalue weighted by Gasteiger charge is 2.20. The fraction of sp³-hybridized carbons (Fsp3) is 0.471. The number of nitrogens with zero attached hydrogens (tertiary/aromatic N) is 2. The molecule has 130 valence electrons. The monoisotopic (exact) mass is 348 g/mol. The van der Waals surface area contributed by atoms with Crippen LogP contribution >= 0.6 is 11.8 Å². The van der Waals surface area contributed by atoms with Crippen LogP contribution in [-0.2, 0) is 10.2 Å². The second-order valence-electron chi connectivity index (χ2n) is 6.49. The van der Waals surface area contributed by atoms with Crippen molar-refractivity contribution >= 4 is 23.6 Å². The van der Waals surface area contributed by atoms with Crippen LogP contribution in [0.2, 0.25) is 0 Å². The molecule has 2 N–H and O–H groups in total. The first-order chi connectivity index (χ1) is 11.3. The van der Waals surface area contributed by atoms with Crippen LogP contribution in [0.4, 0.5) is 5.95 Å². The van der Waals surface area contributed by atoms with Gasteiger partial charge in [0, 0.05) is 0 Å². The number of benzene rings is 1. The smallest absolute Gasteiger partial charge is 0.264 e. The van der Waals surface area contributed by atoms with Gasteiger partial charge in [0.2, 0.25) is 11.1 Å². The van der Waals surface area contributed by atoms with E-state index in [1.165, 1.54) is 17.3 Å². The van der Waals surface area contributed by atoms with E-state index in [1.807, 2.05) is 26.0 Å². The molecule has 1 aromatic heterocycles. The molecule has 24 heavy (non-hydrogen) atoms. The number of H-pyrrole nitrogens is 1. The molecule has 0 bridgehead atoms. The highest BCUT2D eigenvalue weighted by Crippen LogP contribution is 2.32. The maximum absolute atomic E-state index is 12.1. The van der Waals surface area contributed by atoms with E-state index in [9.17, 15) is 4.79 Å². The molecule has 0 fully saturated rings. The van der Waals surface area contributed by atoms with Gasteiger partial charge in [-0.15, -0.1) is 5.10 Å². The minimum atomic E-state index is -0.278. The Morgan fingerprint density at radius 1 is 1.38 bits per heavy atom. The van der Waals surface area contributed by atoms with E-state index >= 15 is 0 Å². The first kappa shape index (κ1) is 18.3. The first-order valence-corrected chi connectivity index (χ1v) is 8.87. The van der Waals surface area contributed by atoms with Crippen LogP contribution in [0.1, 0.15) is 38.8 Å². The lowest BCUT2D eigenvalue weighted by Crippen LogP contribution is -2.22. The van der Waals surface area contributed by atoms with Gasteiger partial charge in [-0.25, -0.2) is 5.10 Å². The molecule has 0 saturated heterocycles. The minimum absolute atomic E-state index is 0.0605. The molecule has 0 aliphatic carbocycles. The molecule has 1 aromatic carbocycles. The lowest BCUT2D eigenvalue weighted by atomic mass is 9.85. The molecule has 2 rings (SSSR count). The number of aryl methyl sites for hydroxylation is 1. The summed E-state index contributed by atoms with van der Waals surface area (Å²) >= 11 is 1.50. The lowest BCUT2D eigenvalue weighted by Gasteiger charge is -2.23. The topological polar surface area (TPSA) is 79.9 Å². The van der Waals surface area contributed by atoms with E-state index < -0.39 is 0 Å². The molecule has 1 heterocycles. The Morgan fingerprint density at radius 3 is 2.79 bits per heavy atom. The van der Waals surface area contributed by atoms with Gasteiger partial charge in [0.05, 0.1) is 0 Å². The molecule has 0 aliphatic heterocycles. The maximum atomic E-state index is 12.1. The summed E-state index contributed by atoms with van der Waals surface area (Å²) in [5.74, 6) is 1.65. The molecule has 6 nitrogen and oxygen atoms in total. The third-order valence-electron chi connectivity index (χ3n) is 3.30. The second-order valence-corrected chi connectivity index (χ2v) is 7.72. The van der Waals surface area contributed by atoms with Crippen molar-refractivity contribution in [3.63, 3.8) is 0 Å². The summed E-state index contributed by atoms with van der Waals surface area (Å²) < 4.78 is 5.73. The summed E-state index contributed by atoms with van der Waals surface area (Å²) in [7, 11) is 0. The Bertz CT molecular complexity index is 707. The van der Waals surface area contributed by atoms with Crippen molar-refractivity contribution in [2.75, 3.05) is 17.7 Å². The number of amides is 1. The Kier molecular flexibility index (Phi) is 5.88. The van der Waals surface area contributed by atoms with Gasteiger partial charge in [-0.2, -0.15) is 4.98 Å². The normalized spacial score (nSPS) is 11.4. The number of nitrogens with one attached hydrogen (secondary N) is 2. The van der Waals surface area contributed by atoms with E-state index in [2.05, 4.69) is 47.3 Å². The SMILES string of the molecule is CCSc1n[nH]c(NC(=O)COc2ccc(C)cc2C(C)(C)C)n1. The number of anilines is 1. The third kappa shape index (κ3) is 4.99. The van der Waals surface area contributed by atoms with Gasteiger partial charge in [0.15, 0.2) is 6.61 Å². The van der Waals surface area contributed by atoms with Crippen LogP contribution < -0.4 is 10.1 Å². The van der Waals surface area contributed by atoms with Crippen molar-refractivity contribution < 1.29 is 9.53 Å². The number of carbonyl (C=O) groups excluding carboxylic acids is 1. The zero-order chi connectivity index (χ0) is 17.7. The van der Waals surface area contributed by atoms with Crippen LogP contribution in [-0.4, -0.2) is 33.4 Å². The van der Waals surface area contributed by atoms with Crippen LogP contribution in [0.3, 0.4) is 0 Å². The average Bonchev–Trinajstić information content (AvgIpc) is 2.92. The van der Waals surface area contributed by atoms with Crippen LogP contribution in [0.15, 0.2) is 23.4 Å². The van der Waals surface area contributed by atoms with E-state index in [0.717, 1.165) is 17.1 Å². The predicted molar refractivity (Wildman–Crippen MR) is 96.8 cm³/mol. The van der Waals surface area contributed by atoms with Gasteiger partial charge in [0.1, 0.15) is 5.75 Å². The van der Waals surface area contributed by atoms with Gasteiger partial charge < -0.3 is 4.74 Å². The van der Waals surface area contributed by atoms with Gasteiger partial charge in [-0.3, -0.25) is 10.1 Å². The largest absolute Gasteiger partial charge is 0.483 e. The zero-order valence-corrected chi connectivity index (χ0v) is 15.6. The maximum Gasteiger partial charge on any atom is 0.264 e. The first-order valence-electron chi connectivity index (χ1n) is 7.88. The standard InChI is InChI=1S/C17H24N4O2S/c1-6-24-16-19-15(20-21-16)18-14(22)10-23-13-8-7-11(2)9-12(13)17(3,4)5/h7-9H,6,10H2,1-5H3,(H2,18,19,20,21,22). The van der Waals surface area contributed by atoms with E-state index in [4.69, 9.17) is 4.74 Å². The average molecular weight is 348 g/mol. The Morgan fingerprint density at radius 2 is 2.12 bits per heavy atom. The lowest BCUT2D eigenvalue weighted by molar-refractivity contribution is -0.118. The van der Waals surface area contributed by atoms with Gasteiger partial charge >= 0.3 is 0 Å². The van der Waals surface area contributed by atoms with Crippen LogP contribution in [0.5, 0.6) is 5.75 Å².